The molecule has 0 spiro atoms. The minimum Gasteiger partial charge on any atom is -0.496 e. The van der Waals surface area contributed by atoms with E-state index in [-0.39, 0.29) is 11.9 Å². The van der Waals surface area contributed by atoms with Gasteiger partial charge in [-0.05, 0) is 72.4 Å². The van der Waals surface area contributed by atoms with E-state index in [1.807, 2.05) is 67.6 Å². The van der Waals surface area contributed by atoms with Crippen LogP contribution in [0.2, 0.25) is 0 Å². The molecule has 6 heteroatoms. The van der Waals surface area contributed by atoms with Crippen molar-refractivity contribution in [1.29, 1.82) is 0 Å². The normalized spacial score (nSPS) is 13.3. The van der Waals surface area contributed by atoms with E-state index in [0.29, 0.717) is 16.7 Å². The molecule has 1 atom stereocenters. The average molecular weight is 521 g/mol. The van der Waals surface area contributed by atoms with Crippen molar-refractivity contribution in [3.8, 4) is 16.9 Å². The fraction of sp³-hybridized carbons (Fsp3) is 0.212. The van der Waals surface area contributed by atoms with Crippen LogP contribution in [0.25, 0.3) is 11.1 Å². The summed E-state index contributed by atoms with van der Waals surface area (Å²) in [6.45, 7) is 3.64. The summed E-state index contributed by atoms with van der Waals surface area (Å²) in [5, 5.41) is 12.6. The fourth-order valence-corrected chi connectivity index (χ4v) is 5.29. The molecule has 0 unspecified atom stereocenters. The second-order valence-corrected chi connectivity index (χ2v) is 9.85. The Labute approximate surface area is 228 Å². The number of anilines is 1. The summed E-state index contributed by atoms with van der Waals surface area (Å²) < 4.78 is 5.45. The van der Waals surface area contributed by atoms with Gasteiger partial charge >= 0.3 is 5.97 Å². The zero-order chi connectivity index (χ0) is 27.4. The molecule has 0 saturated carbocycles. The van der Waals surface area contributed by atoms with E-state index in [4.69, 9.17) is 4.74 Å². The zero-order valence-electron chi connectivity index (χ0n) is 22.2. The van der Waals surface area contributed by atoms with Crippen molar-refractivity contribution in [3.05, 3.63) is 119 Å². The van der Waals surface area contributed by atoms with E-state index in [1.54, 1.807) is 19.2 Å². The van der Waals surface area contributed by atoms with Gasteiger partial charge in [-0.15, -0.1) is 0 Å². The molecule has 198 valence electrons. The molecule has 0 bridgehead atoms. The molecule has 5 rings (SSSR count). The summed E-state index contributed by atoms with van der Waals surface area (Å²) in [6.07, 6.45) is 1.94. The summed E-state index contributed by atoms with van der Waals surface area (Å²) in [7, 11) is 1.63. The van der Waals surface area contributed by atoms with Gasteiger partial charge in [0.2, 0.25) is 0 Å². The minimum absolute atomic E-state index is 0.106. The third-order valence-electron chi connectivity index (χ3n) is 7.31. The number of methoxy groups -OCH3 is 1. The lowest BCUT2D eigenvalue weighted by molar-refractivity contribution is 0.0697. The lowest BCUT2D eigenvalue weighted by atomic mass is 9.97. The number of carbonyl (C=O) groups is 2. The average Bonchev–Trinajstić information content (AvgIpc) is 2.97. The molecular formula is C33H32N2O4. The zero-order valence-corrected chi connectivity index (χ0v) is 22.2. The number of ether oxygens (including phenoxy) is 1. The molecule has 1 aliphatic rings. The number of nitrogens with zero attached hydrogens (tertiary/aromatic N) is 1. The number of fused-ring (bicyclic) bond motifs is 1. The van der Waals surface area contributed by atoms with Crippen LogP contribution in [0.3, 0.4) is 0 Å². The first-order chi connectivity index (χ1) is 18.9. The maximum Gasteiger partial charge on any atom is 0.336 e. The van der Waals surface area contributed by atoms with Crippen molar-refractivity contribution in [1.82, 2.24) is 5.32 Å². The van der Waals surface area contributed by atoms with Crippen LogP contribution < -0.4 is 15.0 Å². The molecule has 4 aromatic rings. The van der Waals surface area contributed by atoms with Crippen LogP contribution in [-0.2, 0) is 13.0 Å². The molecule has 39 heavy (non-hydrogen) atoms. The fourth-order valence-electron chi connectivity index (χ4n) is 5.29. The van der Waals surface area contributed by atoms with Crippen LogP contribution in [0.4, 0.5) is 5.69 Å². The maximum absolute atomic E-state index is 13.1. The number of aromatic carboxylic acids is 1. The second-order valence-electron chi connectivity index (χ2n) is 9.85. The smallest absolute Gasteiger partial charge is 0.336 e. The molecule has 1 heterocycles. The van der Waals surface area contributed by atoms with E-state index in [9.17, 15) is 14.7 Å². The molecule has 1 aliphatic heterocycles. The summed E-state index contributed by atoms with van der Waals surface area (Å²) in [4.78, 5) is 27.1. The lowest BCUT2D eigenvalue weighted by Crippen LogP contribution is -2.30. The molecular weight excluding hydrogens is 488 g/mol. The molecule has 6 nitrogen and oxygen atoms in total. The van der Waals surface area contributed by atoms with Crippen LogP contribution in [0.5, 0.6) is 5.75 Å². The number of nitrogens with one attached hydrogen (secondary N) is 1. The number of carboxylic acid groups (broad SMARTS) is 1. The Morgan fingerprint density at radius 3 is 2.49 bits per heavy atom. The Hall–Kier alpha value is -4.58. The van der Waals surface area contributed by atoms with Gasteiger partial charge in [-0.1, -0.05) is 60.7 Å². The first kappa shape index (κ1) is 26.0. The number of carboxylic acids is 1. The van der Waals surface area contributed by atoms with Gasteiger partial charge in [0.05, 0.1) is 18.7 Å². The summed E-state index contributed by atoms with van der Waals surface area (Å²) >= 11 is 0. The molecule has 4 aromatic carbocycles. The number of aryl methyl sites for hydroxylation is 1. The molecule has 2 N–H and O–H groups in total. The van der Waals surface area contributed by atoms with Crippen LogP contribution in [0.15, 0.2) is 91.0 Å². The van der Waals surface area contributed by atoms with Crippen LogP contribution in [0, 0.1) is 0 Å². The number of hydrogen-bond donors (Lipinski definition) is 2. The van der Waals surface area contributed by atoms with Gasteiger partial charge in [0.25, 0.3) is 5.91 Å². The Balaban J connectivity index is 1.29. The number of hydrogen-bond acceptors (Lipinski definition) is 4. The summed E-state index contributed by atoms with van der Waals surface area (Å²) in [5.41, 5.74) is 6.95. The Morgan fingerprint density at radius 2 is 1.72 bits per heavy atom. The third kappa shape index (κ3) is 5.65. The van der Waals surface area contributed by atoms with Crippen LogP contribution >= 0.6 is 0 Å². The van der Waals surface area contributed by atoms with E-state index in [2.05, 4.69) is 28.4 Å². The second kappa shape index (κ2) is 11.4. The summed E-state index contributed by atoms with van der Waals surface area (Å²) in [6, 6.07) is 28.6. The Kier molecular flexibility index (Phi) is 7.64. The van der Waals surface area contributed by atoms with Gasteiger partial charge in [0.15, 0.2) is 0 Å². The molecule has 1 amide bonds. The minimum atomic E-state index is -0.929. The Morgan fingerprint density at radius 1 is 0.974 bits per heavy atom. The van der Waals surface area contributed by atoms with Gasteiger partial charge in [-0.3, -0.25) is 4.79 Å². The van der Waals surface area contributed by atoms with Crippen molar-refractivity contribution in [2.75, 3.05) is 18.6 Å². The molecule has 0 aliphatic carbocycles. The molecule has 0 fully saturated rings. The SMILES string of the molecule is COc1ccccc1[C@H](C)NC(=O)c1ccc2c(c1)CCCN2Cc1ccc(-c2ccccc2C(=O)O)cc1. The first-order valence-electron chi connectivity index (χ1n) is 13.2. The topological polar surface area (TPSA) is 78.9 Å². The highest BCUT2D eigenvalue weighted by atomic mass is 16.5. The number of rotatable bonds is 8. The van der Waals surface area contributed by atoms with Crippen molar-refractivity contribution in [2.24, 2.45) is 0 Å². The number of para-hydroxylation sites is 1. The third-order valence-corrected chi connectivity index (χ3v) is 7.31. The van der Waals surface area contributed by atoms with E-state index >= 15 is 0 Å². The van der Waals surface area contributed by atoms with Gasteiger partial charge in [-0.25, -0.2) is 4.79 Å². The molecule has 0 radical (unpaired) electrons. The highest BCUT2D eigenvalue weighted by molar-refractivity contribution is 5.96. The van der Waals surface area contributed by atoms with E-state index in [1.165, 1.54) is 5.56 Å². The quantitative estimate of drug-likeness (QED) is 0.277. The highest BCUT2D eigenvalue weighted by Gasteiger charge is 2.21. The van der Waals surface area contributed by atoms with Gasteiger partial charge in [0, 0.05) is 29.9 Å². The van der Waals surface area contributed by atoms with Crippen molar-refractivity contribution < 1.29 is 19.4 Å². The monoisotopic (exact) mass is 520 g/mol. The standard InChI is InChI=1S/C33H32N2O4/c1-22(27-9-5-6-12-31(27)39-2)34-32(36)26-17-18-30-25(20-26)8-7-19-35(30)21-23-13-15-24(16-14-23)28-10-3-4-11-29(28)33(37)38/h3-6,9-18,20,22H,7-8,19,21H2,1-2H3,(H,34,36)(H,37,38)/t22-/m0/s1. The van der Waals surface area contributed by atoms with Gasteiger partial charge in [-0.2, -0.15) is 0 Å². The molecule has 0 aromatic heterocycles. The predicted octanol–water partition coefficient (Wildman–Crippen LogP) is 6.50. The highest BCUT2D eigenvalue weighted by Crippen LogP contribution is 2.31. The predicted molar refractivity (Wildman–Crippen MR) is 154 cm³/mol. The molecule has 0 saturated heterocycles. The van der Waals surface area contributed by atoms with Gasteiger partial charge in [0.1, 0.15) is 5.75 Å². The van der Waals surface area contributed by atoms with Crippen molar-refractivity contribution in [3.63, 3.8) is 0 Å². The first-order valence-corrected chi connectivity index (χ1v) is 13.2. The maximum atomic E-state index is 13.1. The van der Waals surface area contributed by atoms with Crippen LogP contribution in [-0.4, -0.2) is 30.6 Å². The Bertz CT molecular complexity index is 1500. The summed E-state index contributed by atoms with van der Waals surface area (Å²) in [5.74, 6) is -0.280. The van der Waals surface area contributed by atoms with E-state index in [0.717, 1.165) is 54.1 Å². The van der Waals surface area contributed by atoms with Gasteiger partial charge < -0.3 is 20.1 Å². The van der Waals surface area contributed by atoms with Crippen molar-refractivity contribution in [2.45, 2.75) is 32.4 Å². The van der Waals surface area contributed by atoms with Crippen LogP contribution in [0.1, 0.15) is 56.8 Å². The largest absolute Gasteiger partial charge is 0.496 e. The van der Waals surface area contributed by atoms with E-state index < -0.39 is 5.97 Å². The van der Waals surface area contributed by atoms with Crippen molar-refractivity contribution >= 4 is 17.6 Å². The number of carbonyl (C=O) groups excluding carboxylic acids is 1. The lowest BCUT2D eigenvalue weighted by Gasteiger charge is -2.32. The number of amides is 1. The number of benzene rings is 4.